The molecule has 0 rings (SSSR count). The highest BCUT2D eigenvalue weighted by atomic mass is 16.7. The van der Waals surface area contributed by atoms with Gasteiger partial charge in [0.2, 0.25) is 5.91 Å². The van der Waals surface area contributed by atoms with Gasteiger partial charge < -0.3 is 10.1 Å². The van der Waals surface area contributed by atoms with E-state index in [2.05, 4.69) is 5.32 Å². The van der Waals surface area contributed by atoms with Crippen LogP contribution in [0.25, 0.3) is 0 Å². The number of ether oxygens (including phenoxy) is 1. The van der Waals surface area contributed by atoms with Gasteiger partial charge in [0.1, 0.15) is 5.60 Å². The number of carbonyl (C=O) groups excluding carboxylic acids is 2. The van der Waals surface area contributed by atoms with Crippen molar-refractivity contribution in [3.63, 3.8) is 0 Å². The SMILES string of the molecule is CON(C)C(=O)CC(C)CC(C)NC(=O)OC(C)(C)C. The van der Waals surface area contributed by atoms with Crippen molar-refractivity contribution in [3.8, 4) is 0 Å². The fourth-order valence-electron chi connectivity index (χ4n) is 1.78. The van der Waals surface area contributed by atoms with Gasteiger partial charge in [-0.3, -0.25) is 9.63 Å². The maximum atomic E-state index is 11.7. The summed E-state index contributed by atoms with van der Waals surface area (Å²) in [6, 6.07) is -0.0551. The average Bonchev–Trinajstić information content (AvgIpc) is 2.24. The van der Waals surface area contributed by atoms with E-state index in [-0.39, 0.29) is 17.9 Å². The Morgan fingerprint density at radius 2 is 1.80 bits per heavy atom. The van der Waals surface area contributed by atoms with Crippen molar-refractivity contribution in [2.75, 3.05) is 14.2 Å². The highest BCUT2D eigenvalue weighted by molar-refractivity contribution is 5.75. The van der Waals surface area contributed by atoms with Crippen molar-refractivity contribution in [1.82, 2.24) is 10.4 Å². The van der Waals surface area contributed by atoms with Crippen molar-refractivity contribution in [2.24, 2.45) is 5.92 Å². The zero-order valence-corrected chi connectivity index (χ0v) is 13.6. The maximum absolute atomic E-state index is 11.7. The molecule has 0 aromatic heterocycles. The molecule has 0 fully saturated rings. The first-order valence-electron chi connectivity index (χ1n) is 6.85. The van der Waals surface area contributed by atoms with Gasteiger partial charge in [0.15, 0.2) is 0 Å². The van der Waals surface area contributed by atoms with Crippen LogP contribution in [0.3, 0.4) is 0 Å². The van der Waals surface area contributed by atoms with Gasteiger partial charge in [-0.15, -0.1) is 0 Å². The number of nitrogens with zero attached hydrogens (tertiary/aromatic N) is 1. The normalized spacial score (nSPS) is 14.3. The van der Waals surface area contributed by atoms with Crippen LogP contribution >= 0.6 is 0 Å². The zero-order chi connectivity index (χ0) is 15.9. The van der Waals surface area contributed by atoms with Crippen molar-refractivity contribution in [1.29, 1.82) is 0 Å². The van der Waals surface area contributed by atoms with E-state index in [1.165, 1.54) is 12.2 Å². The molecule has 0 aromatic carbocycles. The standard InChI is InChI=1S/C14H28N2O4/c1-10(9-12(17)16(6)19-7)8-11(2)15-13(18)20-14(3,4)5/h10-11H,8-9H2,1-7H3,(H,15,18). The summed E-state index contributed by atoms with van der Waals surface area (Å²) in [5, 5.41) is 3.98. The van der Waals surface area contributed by atoms with Crippen LogP contribution in [0.1, 0.15) is 47.5 Å². The molecule has 2 atom stereocenters. The van der Waals surface area contributed by atoms with E-state index in [1.54, 1.807) is 7.05 Å². The Bertz CT molecular complexity index is 326. The molecule has 0 saturated heterocycles. The summed E-state index contributed by atoms with van der Waals surface area (Å²) < 4.78 is 5.18. The molecular formula is C14H28N2O4. The summed E-state index contributed by atoms with van der Waals surface area (Å²) in [6.07, 6.45) is 0.644. The molecule has 2 amide bonds. The van der Waals surface area contributed by atoms with E-state index in [1.807, 2.05) is 34.6 Å². The molecule has 0 spiro atoms. The third kappa shape index (κ3) is 8.74. The first-order chi connectivity index (χ1) is 9.05. The number of hydroxylamine groups is 2. The Balaban J connectivity index is 4.11. The number of nitrogens with one attached hydrogen (secondary N) is 1. The lowest BCUT2D eigenvalue weighted by molar-refractivity contribution is -0.169. The van der Waals surface area contributed by atoms with E-state index >= 15 is 0 Å². The Morgan fingerprint density at radius 1 is 1.25 bits per heavy atom. The van der Waals surface area contributed by atoms with Crippen molar-refractivity contribution < 1.29 is 19.2 Å². The Morgan fingerprint density at radius 3 is 2.25 bits per heavy atom. The first kappa shape index (κ1) is 18.7. The lowest BCUT2D eigenvalue weighted by Gasteiger charge is -2.23. The molecule has 1 N–H and O–H groups in total. The fourth-order valence-corrected chi connectivity index (χ4v) is 1.78. The third-order valence-corrected chi connectivity index (χ3v) is 2.67. The van der Waals surface area contributed by atoms with E-state index in [0.717, 1.165) is 0 Å². The Labute approximate surface area is 121 Å². The van der Waals surface area contributed by atoms with Crippen LogP contribution in [0.2, 0.25) is 0 Å². The zero-order valence-electron chi connectivity index (χ0n) is 13.6. The molecule has 0 aliphatic heterocycles. The highest BCUT2D eigenvalue weighted by Gasteiger charge is 2.20. The minimum atomic E-state index is -0.507. The lowest BCUT2D eigenvalue weighted by Crippen LogP contribution is -2.38. The number of carbonyl (C=O) groups is 2. The number of hydrogen-bond donors (Lipinski definition) is 1. The quantitative estimate of drug-likeness (QED) is 0.762. The molecular weight excluding hydrogens is 260 g/mol. The van der Waals surface area contributed by atoms with E-state index in [0.29, 0.717) is 12.8 Å². The molecule has 0 bridgehead atoms. The minimum Gasteiger partial charge on any atom is -0.444 e. The van der Waals surface area contributed by atoms with Crippen molar-refractivity contribution in [2.45, 2.75) is 59.1 Å². The van der Waals surface area contributed by atoms with Gasteiger partial charge in [-0.1, -0.05) is 6.92 Å². The molecule has 0 aliphatic carbocycles. The summed E-state index contributed by atoms with van der Waals surface area (Å²) in [7, 11) is 3.03. The van der Waals surface area contributed by atoms with Crippen LogP contribution in [0.4, 0.5) is 4.79 Å². The third-order valence-electron chi connectivity index (χ3n) is 2.67. The topological polar surface area (TPSA) is 67.9 Å². The Kier molecular flexibility index (Phi) is 7.57. The summed E-state index contributed by atoms with van der Waals surface area (Å²) >= 11 is 0. The van der Waals surface area contributed by atoms with Gasteiger partial charge in [-0.25, -0.2) is 9.86 Å². The van der Waals surface area contributed by atoms with Gasteiger partial charge in [0, 0.05) is 19.5 Å². The smallest absolute Gasteiger partial charge is 0.407 e. The van der Waals surface area contributed by atoms with Gasteiger partial charge in [-0.05, 0) is 40.0 Å². The molecule has 20 heavy (non-hydrogen) atoms. The maximum Gasteiger partial charge on any atom is 0.407 e. The van der Waals surface area contributed by atoms with Gasteiger partial charge in [-0.2, -0.15) is 0 Å². The molecule has 6 heteroatoms. The lowest BCUT2D eigenvalue weighted by atomic mass is 9.99. The second-order valence-electron chi connectivity index (χ2n) is 6.17. The molecule has 0 heterocycles. The molecule has 2 unspecified atom stereocenters. The van der Waals surface area contributed by atoms with Crippen LogP contribution in [0.15, 0.2) is 0 Å². The summed E-state index contributed by atoms with van der Waals surface area (Å²) in [5.41, 5.74) is -0.507. The number of hydrogen-bond acceptors (Lipinski definition) is 4. The predicted molar refractivity (Wildman–Crippen MR) is 77.0 cm³/mol. The first-order valence-corrected chi connectivity index (χ1v) is 6.85. The van der Waals surface area contributed by atoms with Crippen LogP contribution in [-0.4, -0.2) is 42.9 Å². The molecule has 0 aliphatic rings. The van der Waals surface area contributed by atoms with Crippen LogP contribution in [0.5, 0.6) is 0 Å². The van der Waals surface area contributed by atoms with Gasteiger partial charge in [0.05, 0.1) is 7.11 Å². The summed E-state index contributed by atoms with van der Waals surface area (Å²) in [4.78, 5) is 28.1. The highest BCUT2D eigenvalue weighted by Crippen LogP contribution is 2.13. The summed E-state index contributed by atoms with van der Waals surface area (Å²) in [5.74, 6) is 0.0644. The molecule has 118 valence electrons. The second kappa shape index (κ2) is 8.09. The van der Waals surface area contributed by atoms with Crippen LogP contribution in [-0.2, 0) is 14.4 Å². The van der Waals surface area contributed by atoms with E-state index < -0.39 is 11.7 Å². The largest absolute Gasteiger partial charge is 0.444 e. The average molecular weight is 288 g/mol. The van der Waals surface area contributed by atoms with Crippen LogP contribution in [0, 0.1) is 5.92 Å². The molecule has 0 radical (unpaired) electrons. The second-order valence-corrected chi connectivity index (χ2v) is 6.17. The molecule has 6 nitrogen and oxygen atoms in total. The Hall–Kier alpha value is -1.30. The predicted octanol–water partition coefficient (Wildman–Crippen LogP) is 2.34. The van der Waals surface area contributed by atoms with Gasteiger partial charge >= 0.3 is 6.09 Å². The van der Waals surface area contributed by atoms with E-state index in [4.69, 9.17) is 9.57 Å². The monoisotopic (exact) mass is 288 g/mol. The van der Waals surface area contributed by atoms with Gasteiger partial charge in [0.25, 0.3) is 0 Å². The van der Waals surface area contributed by atoms with Crippen molar-refractivity contribution >= 4 is 12.0 Å². The minimum absolute atomic E-state index is 0.0551. The number of alkyl carbamates (subject to hydrolysis) is 1. The van der Waals surface area contributed by atoms with Crippen molar-refractivity contribution in [3.05, 3.63) is 0 Å². The van der Waals surface area contributed by atoms with Crippen LogP contribution < -0.4 is 5.32 Å². The van der Waals surface area contributed by atoms with E-state index in [9.17, 15) is 9.59 Å². The molecule has 0 aromatic rings. The number of amides is 2. The molecule has 0 saturated carbocycles. The fraction of sp³-hybridized carbons (Fsp3) is 0.857. The number of rotatable bonds is 6. The summed E-state index contributed by atoms with van der Waals surface area (Å²) in [6.45, 7) is 9.32.